The summed E-state index contributed by atoms with van der Waals surface area (Å²) in [6.07, 6.45) is 11.6. The third-order valence-electron chi connectivity index (χ3n) is 5.38. The van der Waals surface area contributed by atoms with Crippen LogP contribution in [-0.2, 0) is 13.1 Å². The number of urea groups is 1. The Bertz CT molecular complexity index is 873. The normalized spacial score (nSPS) is 16.9. The molecule has 2 aromatic heterocycles. The van der Waals surface area contributed by atoms with Crippen molar-refractivity contribution >= 4 is 6.03 Å². The van der Waals surface area contributed by atoms with Gasteiger partial charge in [0.15, 0.2) is 0 Å². The molecule has 0 saturated carbocycles. The Morgan fingerprint density at radius 1 is 1.25 bits per heavy atom. The number of nitrogens with one attached hydrogen (secondary N) is 2. The number of aryl methyl sites for hydroxylation is 1. The van der Waals surface area contributed by atoms with E-state index in [0.717, 1.165) is 49.2 Å². The number of hydrogen-bond donors (Lipinski definition) is 2. The van der Waals surface area contributed by atoms with E-state index >= 15 is 0 Å². The van der Waals surface area contributed by atoms with E-state index in [1.54, 1.807) is 12.4 Å². The number of carbonyl (C=O) groups excluding carboxylic acids is 1. The summed E-state index contributed by atoms with van der Waals surface area (Å²) < 4.78 is 2.07. The summed E-state index contributed by atoms with van der Waals surface area (Å²) in [5, 5.41) is 10.3. The molecule has 2 amide bonds. The van der Waals surface area contributed by atoms with Gasteiger partial charge in [-0.15, -0.1) is 0 Å². The van der Waals surface area contributed by atoms with Crippen molar-refractivity contribution in [2.75, 3.05) is 6.54 Å². The summed E-state index contributed by atoms with van der Waals surface area (Å²) >= 11 is 0. The molecule has 146 valence electrons. The average Bonchev–Trinajstić information content (AvgIpc) is 3.43. The van der Waals surface area contributed by atoms with E-state index in [9.17, 15) is 4.79 Å². The fourth-order valence-corrected chi connectivity index (χ4v) is 3.86. The van der Waals surface area contributed by atoms with Crippen molar-refractivity contribution in [2.24, 2.45) is 0 Å². The van der Waals surface area contributed by atoms with Crippen LogP contribution in [0.25, 0.3) is 11.3 Å². The molecule has 0 bridgehead atoms. The van der Waals surface area contributed by atoms with E-state index in [1.165, 1.54) is 6.42 Å². The number of amides is 2. The molecule has 4 rings (SSSR count). The number of carbonyl (C=O) groups is 1. The highest BCUT2D eigenvalue weighted by atomic mass is 16.2. The van der Waals surface area contributed by atoms with Gasteiger partial charge in [-0.2, -0.15) is 5.10 Å². The zero-order valence-corrected chi connectivity index (χ0v) is 15.9. The minimum absolute atomic E-state index is 0.00976. The number of piperidine rings is 1. The quantitative estimate of drug-likeness (QED) is 0.690. The van der Waals surface area contributed by atoms with Crippen molar-refractivity contribution in [3.05, 3.63) is 60.8 Å². The van der Waals surface area contributed by atoms with Gasteiger partial charge in [0.2, 0.25) is 0 Å². The lowest BCUT2D eigenvalue weighted by Gasteiger charge is -2.36. The minimum atomic E-state index is 0.00976. The second kappa shape index (κ2) is 8.73. The van der Waals surface area contributed by atoms with Crippen LogP contribution in [0.2, 0.25) is 0 Å². The number of aromatic nitrogens is 4. The smallest absolute Gasteiger partial charge is 0.317 e. The van der Waals surface area contributed by atoms with Crippen molar-refractivity contribution in [3.8, 4) is 11.3 Å². The van der Waals surface area contributed by atoms with Crippen molar-refractivity contribution in [2.45, 2.75) is 44.8 Å². The van der Waals surface area contributed by atoms with Crippen LogP contribution in [0, 0.1) is 0 Å². The Hall–Kier alpha value is -3.09. The van der Waals surface area contributed by atoms with Crippen LogP contribution < -0.4 is 5.32 Å². The van der Waals surface area contributed by atoms with Gasteiger partial charge in [0.1, 0.15) is 0 Å². The fourth-order valence-electron chi connectivity index (χ4n) is 3.86. The molecule has 1 aromatic carbocycles. The minimum Gasteiger partial charge on any atom is -0.337 e. The van der Waals surface area contributed by atoms with Crippen LogP contribution in [0.3, 0.4) is 0 Å². The van der Waals surface area contributed by atoms with Crippen LogP contribution in [0.4, 0.5) is 4.79 Å². The summed E-state index contributed by atoms with van der Waals surface area (Å²) in [5.74, 6) is 0. The van der Waals surface area contributed by atoms with Gasteiger partial charge in [0, 0.05) is 43.6 Å². The lowest BCUT2D eigenvalue weighted by Crippen LogP contribution is -2.48. The Kier molecular flexibility index (Phi) is 5.70. The third kappa shape index (κ3) is 4.24. The summed E-state index contributed by atoms with van der Waals surface area (Å²) in [7, 11) is 0. The largest absolute Gasteiger partial charge is 0.337 e. The molecule has 1 fully saturated rings. The van der Waals surface area contributed by atoms with E-state index < -0.39 is 0 Å². The molecule has 0 aliphatic carbocycles. The average molecular weight is 378 g/mol. The van der Waals surface area contributed by atoms with Crippen molar-refractivity contribution < 1.29 is 4.79 Å². The van der Waals surface area contributed by atoms with Gasteiger partial charge in [-0.25, -0.2) is 9.78 Å². The van der Waals surface area contributed by atoms with Crippen molar-refractivity contribution in [1.29, 1.82) is 0 Å². The Labute approximate surface area is 164 Å². The zero-order chi connectivity index (χ0) is 19.2. The van der Waals surface area contributed by atoms with Gasteiger partial charge in [0.05, 0.1) is 18.2 Å². The molecule has 7 heteroatoms. The molecule has 3 heterocycles. The number of benzene rings is 1. The number of hydrogen-bond acceptors (Lipinski definition) is 3. The first-order valence-corrected chi connectivity index (χ1v) is 9.89. The molecule has 0 unspecified atom stereocenters. The molecule has 2 N–H and O–H groups in total. The molecule has 3 aromatic rings. The summed E-state index contributed by atoms with van der Waals surface area (Å²) in [6.45, 7) is 2.16. The van der Waals surface area contributed by atoms with Gasteiger partial charge >= 0.3 is 6.03 Å². The number of aromatic amines is 1. The van der Waals surface area contributed by atoms with Gasteiger partial charge < -0.3 is 14.8 Å². The maximum Gasteiger partial charge on any atom is 0.317 e. The predicted molar refractivity (Wildman–Crippen MR) is 107 cm³/mol. The van der Waals surface area contributed by atoms with E-state index in [4.69, 9.17) is 0 Å². The highest BCUT2D eigenvalue weighted by molar-refractivity contribution is 5.75. The molecule has 1 aliphatic rings. The van der Waals surface area contributed by atoms with Crippen LogP contribution in [0.15, 0.2) is 55.2 Å². The monoisotopic (exact) mass is 378 g/mol. The van der Waals surface area contributed by atoms with Crippen molar-refractivity contribution in [3.63, 3.8) is 0 Å². The Morgan fingerprint density at radius 3 is 2.96 bits per heavy atom. The molecule has 1 saturated heterocycles. The maximum atomic E-state index is 12.9. The summed E-state index contributed by atoms with van der Waals surface area (Å²) in [6, 6.07) is 10.3. The molecule has 1 aliphatic heterocycles. The SMILES string of the molecule is O=C(NCc1cn[nH]c1-c1ccccc1)N1CCCC[C@H]1CCn1ccnc1. The lowest BCUT2D eigenvalue weighted by molar-refractivity contribution is 0.143. The number of likely N-dealkylation sites (tertiary alicyclic amines) is 1. The van der Waals surface area contributed by atoms with E-state index in [0.29, 0.717) is 6.54 Å². The second-order valence-corrected chi connectivity index (χ2v) is 7.23. The first kappa shape index (κ1) is 18.3. The van der Waals surface area contributed by atoms with Gasteiger partial charge in [-0.1, -0.05) is 30.3 Å². The maximum absolute atomic E-state index is 12.9. The fraction of sp³-hybridized carbons (Fsp3) is 0.381. The first-order chi connectivity index (χ1) is 13.8. The molecular weight excluding hydrogens is 352 g/mol. The predicted octanol–water partition coefficient (Wildman–Crippen LogP) is 3.43. The van der Waals surface area contributed by atoms with E-state index in [1.807, 2.05) is 47.8 Å². The topological polar surface area (TPSA) is 78.8 Å². The first-order valence-electron chi connectivity index (χ1n) is 9.89. The van der Waals surface area contributed by atoms with Crippen LogP contribution in [0.1, 0.15) is 31.2 Å². The molecule has 1 atom stereocenters. The summed E-state index contributed by atoms with van der Waals surface area (Å²) in [4.78, 5) is 19.0. The highest BCUT2D eigenvalue weighted by Crippen LogP contribution is 2.22. The Balaban J connectivity index is 1.37. The highest BCUT2D eigenvalue weighted by Gasteiger charge is 2.26. The van der Waals surface area contributed by atoms with Crippen LogP contribution >= 0.6 is 0 Å². The van der Waals surface area contributed by atoms with E-state index in [2.05, 4.69) is 25.1 Å². The molecular formula is C21H26N6O. The van der Waals surface area contributed by atoms with Crippen LogP contribution in [0.5, 0.6) is 0 Å². The number of H-pyrrole nitrogens is 1. The number of imidazole rings is 1. The van der Waals surface area contributed by atoms with Crippen molar-refractivity contribution in [1.82, 2.24) is 30.0 Å². The number of nitrogens with zero attached hydrogens (tertiary/aromatic N) is 4. The summed E-state index contributed by atoms with van der Waals surface area (Å²) in [5.41, 5.74) is 3.02. The number of rotatable bonds is 6. The zero-order valence-electron chi connectivity index (χ0n) is 15.9. The third-order valence-corrected chi connectivity index (χ3v) is 5.38. The molecule has 0 spiro atoms. The Morgan fingerprint density at radius 2 is 2.14 bits per heavy atom. The molecule has 7 nitrogen and oxygen atoms in total. The molecule has 28 heavy (non-hydrogen) atoms. The van der Waals surface area contributed by atoms with Gasteiger partial charge in [-0.3, -0.25) is 5.10 Å². The lowest BCUT2D eigenvalue weighted by atomic mass is 9.99. The standard InChI is InChI=1S/C21H26N6O/c28-21(23-14-18-15-24-25-20(18)17-6-2-1-3-7-17)27-11-5-4-8-19(27)9-12-26-13-10-22-16-26/h1-3,6-7,10,13,15-16,19H,4-5,8-9,11-12,14H2,(H,23,28)(H,24,25)/t19-/m0/s1. The molecule has 0 radical (unpaired) electrons. The van der Waals surface area contributed by atoms with Gasteiger partial charge in [0.25, 0.3) is 0 Å². The van der Waals surface area contributed by atoms with E-state index in [-0.39, 0.29) is 12.1 Å². The van der Waals surface area contributed by atoms with Crippen LogP contribution in [-0.4, -0.2) is 43.3 Å². The van der Waals surface area contributed by atoms with Gasteiger partial charge in [-0.05, 0) is 31.2 Å². The second-order valence-electron chi connectivity index (χ2n) is 7.23.